The molecule has 0 radical (unpaired) electrons. The number of carbonyl (C=O) groups is 2. The van der Waals surface area contributed by atoms with E-state index in [-0.39, 0.29) is 11.8 Å². The van der Waals surface area contributed by atoms with Crippen LogP contribution in [0.3, 0.4) is 0 Å². The number of hydrogen-bond donors (Lipinski definition) is 1. The summed E-state index contributed by atoms with van der Waals surface area (Å²) in [5.41, 5.74) is 2.02. The minimum Gasteiger partial charge on any atom is -0.459 e. The Morgan fingerprint density at radius 1 is 1.00 bits per heavy atom. The van der Waals surface area contributed by atoms with Crippen molar-refractivity contribution in [3.63, 3.8) is 0 Å². The molecule has 8 nitrogen and oxygen atoms in total. The zero-order chi connectivity index (χ0) is 17.9. The fraction of sp³-hybridized carbons (Fsp3) is 0.222. The van der Waals surface area contributed by atoms with Crippen molar-refractivity contribution in [3.05, 3.63) is 60.4 Å². The maximum atomic E-state index is 12.7. The van der Waals surface area contributed by atoms with Crippen molar-refractivity contribution in [2.75, 3.05) is 26.2 Å². The SMILES string of the molecule is O=C(c1cc(-c2ccncc2)n[nH]1)N1CCN(C(=O)c2ccco2)CC1. The minimum atomic E-state index is -0.149. The fourth-order valence-corrected chi connectivity index (χ4v) is 2.94. The Morgan fingerprint density at radius 2 is 1.69 bits per heavy atom. The fourth-order valence-electron chi connectivity index (χ4n) is 2.94. The molecule has 0 bridgehead atoms. The second kappa shape index (κ2) is 6.83. The number of furan rings is 1. The van der Waals surface area contributed by atoms with Crippen LogP contribution in [-0.2, 0) is 0 Å². The van der Waals surface area contributed by atoms with Crippen molar-refractivity contribution >= 4 is 11.8 Å². The van der Waals surface area contributed by atoms with Crippen LogP contribution in [0.2, 0.25) is 0 Å². The highest BCUT2D eigenvalue weighted by molar-refractivity contribution is 5.94. The van der Waals surface area contributed by atoms with E-state index in [4.69, 9.17) is 4.42 Å². The molecule has 0 atom stereocenters. The van der Waals surface area contributed by atoms with Crippen LogP contribution in [0.15, 0.2) is 53.4 Å². The average molecular weight is 351 g/mol. The molecule has 1 saturated heterocycles. The molecule has 1 aliphatic rings. The van der Waals surface area contributed by atoms with E-state index in [1.165, 1.54) is 6.26 Å². The molecule has 0 unspecified atom stereocenters. The standard InChI is InChI=1S/C18H17N5O3/c24-17(15-12-14(20-21-15)13-3-5-19-6-4-13)22-7-9-23(10-8-22)18(25)16-2-1-11-26-16/h1-6,11-12H,7-10H2,(H,20,21). The van der Waals surface area contributed by atoms with Crippen LogP contribution < -0.4 is 0 Å². The van der Waals surface area contributed by atoms with Gasteiger partial charge in [0.25, 0.3) is 11.8 Å². The van der Waals surface area contributed by atoms with Gasteiger partial charge < -0.3 is 14.2 Å². The topological polar surface area (TPSA) is 95.3 Å². The predicted octanol–water partition coefficient (Wildman–Crippen LogP) is 1.66. The van der Waals surface area contributed by atoms with Crippen LogP contribution in [0.4, 0.5) is 0 Å². The maximum Gasteiger partial charge on any atom is 0.289 e. The van der Waals surface area contributed by atoms with Crippen molar-refractivity contribution in [1.82, 2.24) is 25.0 Å². The lowest BCUT2D eigenvalue weighted by atomic mass is 10.2. The third-order valence-corrected chi connectivity index (χ3v) is 4.37. The lowest BCUT2D eigenvalue weighted by Crippen LogP contribution is -2.50. The number of nitrogens with zero attached hydrogens (tertiary/aromatic N) is 4. The molecule has 0 aliphatic carbocycles. The number of aromatic nitrogens is 3. The Kier molecular flexibility index (Phi) is 4.22. The van der Waals surface area contributed by atoms with E-state index in [2.05, 4.69) is 15.2 Å². The van der Waals surface area contributed by atoms with Gasteiger partial charge in [-0.1, -0.05) is 0 Å². The first-order valence-corrected chi connectivity index (χ1v) is 8.30. The third-order valence-electron chi connectivity index (χ3n) is 4.37. The van der Waals surface area contributed by atoms with Gasteiger partial charge in [0.2, 0.25) is 0 Å². The molecular weight excluding hydrogens is 334 g/mol. The van der Waals surface area contributed by atoms with E-state index < -0.39 is 0 Å². The second-order valence-corrected chi connectivity index (χ2v) is 5.96. The molecule has 3 aromatic rings. The summed E-state index contributed by atoms with van der Waals surface area (Å²) in [6.45, 7) is 1.87. The van der Waals surface area contributed by atoms with E-state index >= 15 is 0 Å². The molecule has 4 heterocycles. The Bertz CT molecular complexity index is 896. The number of rotatable bonds is 3. The van der Waals surface area contributed by atoms with Crippen molar-refractivity contribution < 1.29 is 14.0 Å². The first-order chi connectivity index (χ1) is 12.7. The minimum absolute atomic E-state index is 0.122. The van der Waals surface area contributed by atoms with Gasteiger partial charge >= 0.3 is 0 Å². The summed E-state index contributed by atoms with van der Waals surface area (Å²) in [5.74, 6) is 0.0480. The van der Waals surface area contributed by atoms with Crippen LogP contribution in [0.5, 0.6) is 0 Å². The van der Waals surface area contributed by atoms with Crippen LogP contribution in [0, 0.1) is 0 Å². The van der Waals surface area contributed by atoms with Crippen LogP contribution in [-0.4, -0.2) is 63.0 Å². The van der Waals surface area contributed by atoms with Gasteiger partial charge in [0.1, 0.15) is 5.69 Å². The Hall–Kier alpha value is -3.42. The number of amides is 2. The van der Waals surface area contributed by atoms with Crippen LogP contribution in [0.25, 0.3) is 11.3 Å². The molecule has 0 saturated carbocycles. The zero-order valence-corrected chi connectivity index (χ0v) is 14.0. The predicted molar refractivity (Wildman–Crippen MR) is 92.3 cm³/mol. The van der Waals surface area contributed by atoms with Gasteiger partial charge in [-0.2, -0.15) is 5.10 Å². The summed E-state index contributed by atoms with van der Waals surface area (Å²) in [5, 5.41) is 7.00. The molecule has 1 aliphatic heterocycles. The zero-order valence-electron chi connectivity index (χ0n) is 14.0. The van der Waals surface area contributed by atoms with Crippen LogP contribution >= 0.6 is 0 Å². The largest absolute Gasteiger partial charge is 0.459 e. The van der Waals surface area contributed by atoms with Gasteiger partial charge in [-0.25, -0.2) is 0 Å². The highest BCUT2D eigenvalue weighted by atomic mass is 16.3. The van der Waals surface area contributed by atoms with Gasteiger partial charge in [0.05, 0.1) is 12.0 Å². The Labute approximate surface area is 149 Å². The van der Waals surface area contributed by atoms with Crippen LogP contribution in [0.1, 0.15) is 21.0 Å². The van der Waals surface area contributed by atoms with Crippen molar-refractivity contribution in [2.24, 2.45) is 0 Å². The molecule has 1 fully saturated rings. The molecule has 2 amide bonds. The molecule has 0 aromatic carbocycles. The molecule has 3 aromatic heterocycles. The molecule has 132 valence electrons. The smallest absolute Gasteiger partial charge is 0.289 e. The number of nitrogens with one attached hydrogen (secondary N) is 1. The summed E-state index contributed by atoms with van der Waals surface area (Å²) >= 11 is 0. The van der Waals surface area contributed by atoms with Gasteiger partial charge in [0.15, 0.2) is 5.76 Å². The number of H-pyrrole nitrogens is 1. The summed E-state index contributed by atoms with van der Waals surface area (Å²) in [7, 11) is 0. The lowest BCUT2D eigenvalue weighted by Gasteiger charge is -2.34. The number of hydrogen-bond acceptors (Lipinski definition) is 5. The Morgan fingerprint density at radius 3 is 2.35 bits per heavy atom. The molecule has 4 rings (SSSR count). The Balaban J connectivity index is 1.40. The van der Waals surface area contributed by atoms with E-state index in [1.807, 2.05) is 12.1 Å². The summed E-state index contributed by atoms with van der Waals surface area (Å²) in [6.07, 6.45) is 4.84. The monoisotopic (exact) mass is 351 g/mol. The van der Waals surface area contributed by atoms with Crippen molar-refractivity contribution in [1.29, 1.82) is 0 Å². The van der Waals surface area contributed by atoms with Gasteiger partial charge in [-0.05, 0) is 30.3 Å². The molecular formula is C18H17N5O3. The number of pyridine rings is 1. The molecule has 1 N–H and O–H groups in total. The highest BCUT2D eigenvalue weighted by Crippen LogP contribution is 2.18. The van der Waals surface area contributed by atoms with E-state index in [1.54, 1.807) is 40.4 Å². The third kappa shape index (κ3) is 3.08. The van der Waals surface area contributed by atoms with E-state index in [0.29, 0.717) is 43.3 Å². The van der Waals surface area contributed by atoms with E-state index in [0.717, 1.165) is 5.56 Å². The number of aromatic amines is 1. The van der Waals surface area contributed by atoms with Gasteiger partial charge in [-0.3, -0.25) is 19.7 Å². The summed E-state index contributed by atoms with van der Waals surface area (Å²) < 4.78 is 5.15. The lowest BCUT2D eigenvalue weighted by molar-refractivity contribution is 0.0515. The molecule has 26 heavy (non-hydrogen) atoms. The van der Waals surface area contributed by atoms with Crippen molar-refractivity contribution in [2.45, 2.75) is 0 Å². The quantitative estimate of drug-likeness (QED) is 0.774. The highest BCUT2D eigenvalue weighted by Gasteiger charge is 2.27. The van der Waals surface area contributed by atoms with Crippen molar-refractivity contribution in [3.8, 4) is 11.3 Å². The summed E-state index contributed by atoms with van der Waals surface area (Å²) in [6, 6.07) is 8.74. The first kappa shape index (κ1) is 16.1. The second-order valence-electron chi connectivity index (χ2n) is 5.96. The average Bonchev–Trinajstić information content (AvgIpc) is 3.40. The summed E-state index contributed by atoms with van der Waals surface area (Å²) in [4.78, 5) is 32.3. The maximum absolute atomic E-state index is 12.7. The number of piperazine rings is 1. The van der Waals surface area contributed by atoms with Gasteiger partial charge in [-0.15, -0.1) is 0 Å². The molecule has 8 heteroatoms. The normalized spacial score (nSPS) is 14.5. The number of carbonyl (C=O) groups excluding carboxylic acids is 2. The van der Waals surface area contributed by atoms with E-state index in [9.17, 15) is 9.59 Å². The molecule has 0 spiro atoms. The first-order valence-electron chi connectivity index (χ1n) is 8.30. The van der Waals surface area contributed by atoms with Gasteiger partial charge in [0, 0.05) is 44.1 Å².